The van der Waals surface area contributed by atoms with E-state index in [1.165, 1.54) is 6.07 Å². The number of hydrogen-bond donors (Lipinski definition) is 2. The van der Waals surface area contributed by atoms with Crippen molar-refractivity contribution in [3.8, 4) is 0 Å². The summed E-state index contributed by atoms with van der Waals surface area (Å²) >= 11 is 0. The van der Waals surface area contributed by atoms with Gasteiger partial charge in [-0.05, 0) is 36.6 Å². The monoisotopic (exact) mass is 401 g/mol. The number of likely N-dealkylation sites (tertiary alicyclic amines) is 1. The molecule has 0 aliphatic carbocycles. The van der Waals surface area contributed by atoms with Gasteiger partial charge in [-0.2, -0.15) is 0 Å². The predicted molar refractivity (Wildman–Crippen MR) is 107 cm³/mol. The molecule has 1 saturated heterocycles. The summed E-state index contributed by atoms with van der Waals surface area (Å²) in [5, 5.41) is 5.92. The van der Waals surface area contributed by atoms with Crippen LogP contribution in [0.25, 0.3) is 0 Å². The molecule has 1 aliphatic rings. The average Bonchev–Trinajstić information content (AvgIpc) is 3.14. The molecule has 1 heterocycles. The number of carbonyl (C=O) groups excluding carboxylic acids is 2. The maximum atomic E-state index is 13.9. The van der Waals surface area contributed by atoms with Gasteiger partial charge in [-0.1, -0.05) is 38.1 Å². The van der Waals surface area contributed by atoms with E-state index in [0.29, 0.717) is 13.1 Å². The number of nitrogens with zero attached hydrogens (tertiary/aromatic N) is 1. The summed E-state index contributed by atoms with van der Waals surface area (Å²) in [6.45, 7) is 4.63. The van der Waals surface area contributed by atoms with Crippen molar-refractivity contribution in [2.45, 2.75) is 32.4 Å². The summed E-state index contributed by atoms with van der Waals surface area (Å²) in [6.07, 6.45) is 0.779. The smallest absolute Gasteiger partial charge is 0.257 e. The largest absolute Gasteiger partial charge is 0.380 e. The topological polar surface area (TPSA) is 61.4 Å². The van der Waals surface area contributed by atoms with E-state index in [0.717, 1.165) is 24.2 Å². The molecular formula is C22H25F2N3O2. The molecule has 2 aromatic carbocycles. The van der Waals surface area contributed by atoms with E-state index in [4.69, 9.17) is 0 Å². The van der Waals surface area contributed by atoms with Gasteiger partial charge in [0.25, 0.3) is 5.91 Å². The molecule has 1 aliphatic heterocycles. The van der Waals surface area contributed by atoms with Crippen LogP contribution in [0.4, 0.5) is 14.5 Å². The molecule has 29 heavy (non-hydrogen) atoms. The van der Waals surface area contributed by atoms with Crippen LogP contribution >= 0.6 is 0 Å². The Morgan fingerprint density at radius 1 is 1.03 bits per heavy atom. The Hall–Kier alpha value is -2.96. The van der Waals surface area contributed by atoms with Gasteiger partial charge in [-0.25, -0.2) is 8.78 Å². The fraction of sp³-hybridized carbons (Fsp3) is 0.364. The first-order chi connectivity index (χ1) is 13.9. The lowest BCUT2D eigenvalue weighted by Gasteiger charge is -2.27. The van der Waals surface area contributed by atoms with Crippen LogP contribution in [0.3, 0.4) is 0 Å². The maximum absolute atomic E-state index is 13.9. The quantitative estimate of drug-likeness (QED) is 0.780. The Bertz CT molecular complexity index is 853. The number of hydrogen-bond acceptors (Lipinski definition) is 3. The van der Waals surface area contributed by atoms with Crippen molar-refractivity contribution < 1.29 is 18.4 Å². The van der Waals surface area contributed by atoms with E-state index in [-0.39, 0.29) is 17.9 Å². The molecule has 7 heteroatoms. The molecule has 0 aromatic heterocycles. The molecule has 0 radical (unpaired) electrons. The standard InChI is InChI=1S/C22H25F2N3O2/c1-14(2)20(26-21(28)19-17(23)9-6-10-18(19)24)22(29)27-12-11-16(13-27)25-15-7-4-3-5-8-15/h3-10,14,16,20,25H,11-13H2,1-2H3,(H,26,28)/t16?,20-/m0/s1. The Kier molecular flexibility index (Phi) is 6.46. The summed E-state index contributed by atoms with van der Waals surface area (Å²) in [5.74, 6) is -3.31. The Balaban J connectivity index is 1.66. The average molecular weight is 401 g/mol. The van der Waals surface area contributed by atoms with Crippen molar-refractivity contribution in [1.82, 2.24) is 10.2 Å². The van der Waals surface area contributed by atoms with E-state index < -0.39 is 29.1 Å². The SMILES string of the molecule is CC(C)[C@H](NC(=O)c1c(F)cccc1F)C(=O)N1CCC(Nc2ccccc2)C1. The fourth-order valence-corrected chi connectivity index (χ4v) is 3.49. The molecule has 2 amide bonds. The van der Waals surface area contributed by atoms with Gasteiger partial charge in [0.2, 0.25) is 5.91 Å². The van der Waals surface area contributed by atoms with Crippen LogP contribution < -0.4 is 10.6 Å². The van der Waals surface area contributed by atoms with Crippen molar-refractivity contribution in [3.05, 3.63) is 65.7 Å². The zero-order chi connectivity index (χ0) is 21.0. The Labute approximate surface area is 169 Å². The van der Waals surface area contributed by atoms with E-state index in [9.17, 15) is 18.4 Å². The molecule has 3 rings (SSSR count). The lowest BCUT2D eigenvalue weighted by Crippen LogP contribution is -2.51. The van der Waals surface area contributed by atoms with Crippen LogP contribution in [0.1, 0.15) is 30.6 Å². The maximum Gasteiger partial charge on any atom is 0.257 e. The van der Waals surface area contributed by atoms with Crippen LogP contribution in [-0.2, 0) is 4.79 Å². The van der Waals surface area contributed by atoms with Crippen LogP contribution in [0.15, 0.2) is 48.5 Å². The first-order valence-electron chi connectivity index (χ1n) is 9.72. The van der Waals surface area contributed by atoms with Gasteiger partial charge < -0.3 is 15.5 Å². The molecular weight excluding hydrogens is 376 g/mol. The first kappa shape index (κ1) is 20.8. The Morgan fingerprint density at radius 2 is 1.69 bits per heavy atom. The minimum Gasteiger partial charge on any atom is -0.380 e. The first-order valence-corrected chi connectivity index (χ1v) is 9.72. The highest BCUT2D eigenvalue weighted by Crippen LogP contribution is 2.19. The highest BCUT2D eigenvalue weighted by Gasteiger charge is 2.34. The van der Waals surface area contributed by atoms with Crippen molar-refractivity contribution in [2.75, 3.05) is 18.4 Å². The lowest BCUT2D eigenvalue weighted by molar-refractivity contribution is -0.133. The van der Waals surface area contributed by atoms with Crippen molar-refractivity contribution in [1.29, 1.82) is 0 Å². The van der Waals surface area contributed by atoms with E-state index in [1.807, 2.05) is 30.3 Å². The van der Waals surface area contributed by atoms with Crippen LogP contribution in [0.2, 0.25) is 0 Å². The molecule has 1 fully saturated rings. The zero-order valence-electron chi connectivity index (χ0n) is 16.5. The highest BCUT2D eigenvalue weighted by molar-refractivity contribution is 5.98. The number of carbonyl (C=O) groups is 2. The molecule has 154 valence electrons. The fourth-order valence-electron chi connectivity index (χ4n) is 3.49. The predicted octanol–water partition coefficient (Wildman–Crippen LogP) is 3.43. The zero-order valence-corrected chi connectivity index (χ0v) is 16.5. The van der Waals surface area contributed by atoms with Crippen molar-refractivity contribution in [3.63, 3.8) is 0 Å². The number of amides is 2. The molecule has 1 unspecified atom stereocenters. The second-order valence-electron chi connectivity index (χ2n) is 7.57. The lowest BCUT2D eigenvalue weighted by atomic mass is 10.0. The van der Waals surface area contributed by atoms with Gasteiger partial charge in [0.15, 0.2) is 0 Å². The van der Waals surface area contributed by atoms with Crippen LogP contribution in [0.5, 0.6) is 0 Å². The second-order valence-corrected chi connectivity index (χ2v) is 7.57. The number of para-hydroxylation sites is 1. The molecule has 2 N–H and O–H groups in total. The molecule has 0 saturated carbocycles. The van der Waals surface area contributed by atoms with Gasteiger partial charge in [0, 0.05) is 24.8 Å². The number of halogens is 2. The molecule has 2 atom stereocenters. The van der Waals surface area contributed by atoms with E-state index in [2.05, 4.69) is 10.6 Å². The van der Waals surface area contributed by atoms with E-state index in [1.54, 1.807) is 18.7 Å². The summed E-state index contributed by atoms with van der Waals surface area (Å²) in [6, 6.07) is 12.2. The third kappa shape index (κ3) is 4.91. The molecule has 2 aromatic rings. The number of anilines is 1. The molecule has 0 bridgehead atoms. The molecule has 0 spiro atoms. The second kappa shape index (κ2) is 9.03. The van der Waals surface area contributed by atoms with Crippen LogP contribution in [-0.4, -0.2) is 41.9 Å². The summed E-state index contributed by atoms with van der Waals surface area (Å²) in [4.78, 5) is 27.2. The summed E-state index contributed by atoms with van der Waals surface area (Å²) < 4.78 is 27.8. The van der Waals surface area contributed by atoms with Crippen LogP contribution in [0, 0.1) is 17.6 Å². The third-order valence-corrected chi connectivity index (χ3v) is 5.05. The van der Waals surface area contributed by atoms with Gasteiger partial charge in [0.1, 0.15) is 23.2 Å². The van der Waals surface area contributed by atoms with Gasteiger partial charge >= 0.3 is 0 Å². The van der Waals surface area contributed by atoms with Crippen molar-refractivity contribution in [2.24, 2.45) is 5.92 Å². The third-order valence-electron chi connectivity index (χ3n) is 5.05. The molecule has 5 nitrogen and oxygen atoms in total. The number of benzene rings is 2. The van der Waals surface area contributed by atoms with E-state index >= 15 is 0 Å². The van der Waals surface area contributed by atoms with Crippen molar-refractivity contribution >= 4 is 17.5 Å². The minimum absolute atomic E-state index is 0.105. The minimum atomic E-state index is -0.953. The summed E-state index contributed by atoms with van der Waals surface area (Å²) in [5.41, 5.74) is 0.312. The number of rotatable bonds is 6. The highest BCUT2D eigenvalue weighted by atomic mass is 19.1. The van der Waals surface area contributed by atoms with Gasteiger partial charge in [-0.15, -0.1) is 0 Å². The summed E-state index contributed by atoms with van der Waals surface area (Å²) in [7, 11) is 0. The normalized spacial score (nSPS) is 17.3. The van der Waals surface area contributed by atoms with Gasteiger partial charge in [0.05, 0.1) is 0 Å². The number of nitrogens with one attached hydrogen (secondary N) is 2. The van der Waals surface area contributed by atoms with Gasteiger partial charge in [-0.3, -0.25) is 9.59 Å². The Morgan fingerprint density at radius 3 is 2.31 bits per heavy atom.